The SMILES string of the molecule is COc1ccc(CC[C@H](C)[NH+]2CCc3cc(OC)c(OC)cc3C2)cc1. The molecule has 0 amide bonds. The number of aryl methyl sites for hydroxylation is 1. The minimum atomic E-state index is 0.623. The number of methoxy groups -OCH3 is 3. The Morgan fingerprint density at radius 3 is 2.19 bits per heavy atom. The van der Waals surface area contributed by atoms with Crippen LogP contribution < -0.4 is 19.1 Å². The first-order chi connectivity index (χ1) is 12.6. The molecule has 0 saturated carbocycles. The highest BCUT2D eigenvalue weighted by molar-refractivity contribution is 5.47. The second kappa shape index (κ2) is 8.45. The molecule has 1 aliphatic rings. The van der Waals surface area contributed by atoms with Gasteiger partial charge in [0.15, 0.2) is 11.5 Å². The van der Waals surface area contributed by atoms with Gasteiger partial charge in [-0.25, -0.2) is 0 Å². The van der Waals surface area contributed by atoms with Crippen LogP contribution in [0.1, 0.15) is 30.0 Å². The highest BCUT2D eigenvalue weighted by Gasteiger charge is 2.25. The molecule has 0 bridgehead atoms. The summed E-state index contributed by atoms with van der Waals surface area (Å²) in [6.07, 6.45) is 3.38. The van der Waals surface area contributed by atoms with E-state index in [4.69, 9.17) is 14.2 Å². The van der Waals surface area contributed by atoms with E-state index in [2.05, 4.69) is 31.2 Å². The molecule has 1 unspecified atom stereocenters. The van der Waals surface area contributed by atoms with Crippen LogP contribution in [0.25, 0.3) is 0 Å². The topological polar surface area (TPSA) is 32.1 Å². The summed E-state index contributed by atoms with van der Waals surface area (Å²) in [5.74, 6) is 2.59. The first-order valence-corrected chi connectivity index (χ1v) is 9.36. The summed E-state index contributed by atoms with van der Waals surface area (Å²) in [6.45, 7) is 4.59. The molecule has 0 radical (unpaired) electrons. The Labute approximate surface area is 156 Å². The van der Waals surface area contributed by atoms with Gasteiger partial charge in [0.2, 0.25) is 0 Å². The molecule has 4 nitrogen and oxygen atoms in total. The predicted molar refractivity (Wildman–Crippen MR) is 104 cm³/mol. The third-order valence-electron chi connectivity index (χ3n) is 5.56. The smallest absolute Gasteiger partial charge is 0.161 e. The molecule has 26 heavy (non-hydrogen) atoms. The number of quaternary nitrogens is 1. The molecule has 2 atom stereocenters. The number of hydrogen-bond acceptors (Lipinski definition) is 3. The Hall–Kier alpha value is -2.20. The van der Waals surface area contributed by atoms with Gasteiger partial charge in [-0.2, -0.15) is 0 Å². The highest BCUT2D eigenvalue weighted by atomic mass is 16.5. The largest absolute Gasteiger partial charge is 0.497 e. The summed E-state index contributed by atoms with van der Waals surface area (Å²) in [6, 6.07) is 13.4. The average Bonchev–Trinajstić information content (AvgIpc) is 2.70. The van der Waals surface area contributed by atoms with Crippen LogP contribution in [0.15, 0.2) is 36.4 Å². The van der Waals surface area contributed by atoms with Crippen molar-refractivity contribution >= 4 is 0 Å². The van der Waals surface area contributed by atoms with E-state index in [-0.39, 0.29) is 0 Å². The van der Waals surface area contributed by atoms with Gasteiger partial charge in [-0.1, -0.05) is 12.1 Å². The first-order valence-electron chi connectivity index (χ1n) is 9.36. The summed E-state index contributed by atoms with van der Waals surface area (Å²) >= 11 is 0. The molecule has 140 valence electrons. The minimum absolute atomic E-state index is 0.623. The normalized spacial score (nSPS) is 17.3. The summed E-state index contributed by atoms with van der Waals surface area (Å²) < 4.78 is 16.2. The highest BCUT2D eigenvalue weighted by Crippen LogP contribution is 2.31. The van der Waals surface area contributed by atoms with Crippen molar-refractivity contribution in [3.63, 3.8) is 0 Å². The van der Waals surface area contributed by atoms with Crippen molar-refractivity contribution < 1.29 is 19.1 Å². The lowest BCUT2D eigenvalue weighted by Crippen LogP contribution is -3.15. The number of nitrogens with one attached hydrogen (secondary N) is 1. The Bertz CT molecular complexity index is 727. The molecule has 0 aromatic heterocycles. The van der Waals surface area contributed by atoms with Crippen LogP contribution in [0.4, 0.5) is 0 Å². The number of hydrogen-bond donors (Lipinski definition) is 1. The number of fused-ring (bicyclic) bond motifs is 1. The van der Waals surface area contributed by atoms with Gasteiger partial charge in [-0.3, -0.25) is 0 Å². The molecule has 2 aromatic carbocycles. The second-order valence-corrected chi connectivity index (χ2v) is 7.10. The number of ether oxygens (including phenoxy) is 3. The minimum Gasteiger partial charge on any atom is -0.497 e. The standard InChI is InChI=1S/C22H29NO3/c1-16(5-6-17-7-9-20(24-2)10-8-17)23-12-11-18-13-21(25-3)22(26-4)14-19(18)15-23/h7-10,13-14,16H,5-6,11-12,15H2,1-4H3/p+1/t16-/m0/s1. The summed E-state index contributed by atoms with van der Waals surface area (Å²) in [5.41, 5.74) is 4.16. The Balaban J connectivity index is 1.62. The van der Waals surface area contributed by atoms with Crippen LogP contribution in [-0.4, -0.2) is 33.9 Å². The third-order valence-corrected chi connectivity index (χ3v) is 5.56. The van der Waals surface area contributed by atoms with E-state index < -0.39 is 0 Å². The van der Waals surface area contributed by atoms with Crippen molar-refractivity contribution in [2.75, 3.05) is 27.9 Å². The zero-order valence-corrected chi connectivity index (χ0v) is 16.3. The lowest BCUT2D eigenvalue weighted by molar-refractivity contribution is -0.939. The molecule has 1 N–H and O–H groups in total. The van der Waals surface area contributed by atoms with Gasteiger partial charge >= 0.3 is 0 Å². The van der Waals surface area contributed by atoms with Gasteiger partial charge in [0.1, 0.15) is 12.3 Å². The summed E-state index contributed by atoms with van der Waals surface area (Å²) in [4.78, 5) is 1.65. The van der Waals surface area contributed by atoms with E-state index in [1.165, 1.54) is 29.7 Å². The van der Waals surface area contributed by atoms with Crippen molar-refractivity contribution in [1.29, 1.82) is 0 Å². The molecule has 2 aromatic rings. The van der Waals surface area contributed by atoms with Crippen LogP contribution >= 0.6 is 0 Å². The Morgan fingerprint density at radius 2 is 1.58 bits per heavy atom. The maximum Gasteiger partial charge on any atom is 0.161 e. The fraction of sp³-hybridized carbons (Fsp3) is 0.455. The van der Waals surface area contributed by atoms with Crippen LogP contribution in [-0.2, 0) is 19.4 Å². The lowest BCUT2D eigenvalue weighted by atomic mass is 9.96. The number of rotatable bonds is 7. The van der Waals surface area contributed by atoms with E-state index in [1.807, 2.05) is 12.1 Å². The van der Waals surface area contributed by atoms with Gasteiger partial charge in [0, 0.05) is 18.4 Å². The van der Waals surface area contributed by atoms with Gasteiger partial charge in [-0.05, 0) is 48.7 Å². The van der Waals surface area contributed by atoms with E-state index in [9.17, 15) is 0 Å². The number of benzene rings is 2. The molecule has 0 spiro atoms. The molecular formula is C22H30NO3+. The van der Waals surface area contributed by atoms with E-state index in [0.717, 1.165) is 36.6 Å². The van der Waals surface area contributed by atoms with E-state index in [1.54, 1.807) is 26.2 Å². The van der Waals surface area contributed by atoms with Crippen LogP contribution in [0.3, 0.4) is 0 Å². The molecule has 1 heterocycles. The zero-order valence-electron chi connectivity index (χ0n) is 16.3. The molecule has 0 fully saturated rings. The van der Waals surface area contributed by atoms with Crippen molar-refractivity contribution in [2.24, 2.45) is 0 Å². The fourth-order valence-corrected chi connectivity index (χ4v) is 3.79. The van der Waals surface area contributed by atoms with Gasteiger partial charge in [-0.15, -0.1) is 0 Å². The molecule has 3 rings (SSSR count). The van der Waals surface area contributed by atoms with Crippen molar-refractivity contribution in [3.8, 4) is 17.2 Å². The molecule has 1 aliphatic heterocycles. The molecular weight excluding hydrogens is 326 g/mol. The van der Waals surface area contributed by atoms with Gasteiger partial charge in [0.25, 0.3) is 0 Å². The molecule has 4 heteroatoms. The predicted octanol–water partition coefficient (Wildman–Crippen LogP) is 2.67. The Kier molecular flexibility index (Phi) is 6.04. The zero-order chi connectivity index (χ0) is 18.5. The summed E-state index contributed by atoms with van der Waals surface area (Å²) in [7, 11) is 5.11. The van der Waals surface area contributed by atoms with Crippen LogP contribution in [0.5, 0.6) is 17.2 Å². The van der Waals surface area contributed by atoms with Crippen LogP contribution in [0.2, 0.25) is 0 Å². The quantitative estimate of drug-likeness (QED) is 0.828. The van der Waals surface area contributed by atoms with Crippen molar-refractivity contribution in [3.05, 3.63) is 53.1 Å². The van der Waals surface area contributed by atoms with Crippen LogP contribution in [0, 0.1) is 0 Å². The van der Waals surface area contributed by atoms with Gasteiger partial charge < -0.3 is 19.1 Å². The molecule has 0 aliphatic carbocycles. The fourth-order valence-electron chi connectivity index (χ4n) is 3.79. The molecule has 0 saturated heterocycles. The summed E-state index contributed by atoms with van der Waals surface area (Å²) in [5, 5.41) is 0. The maximum atomic E-state index is 5.48. The van der Waals surface area contributed by atoms with E-state index >= 15 is 0 Å². The van der Waals surface area contributed by atoms with E-state index in [0.29, 0.717) is 6.04 Å². The third kappa shape index (κ3) is 4.13. The monoisotopic (exact) mass is 356 g/mol. The lowest BCUT2D eigenvalue weighted by Gasteiger charge is -2.31. The maximum absolute atomic E-state index is 5.48. The average molecular weight is 356 g/mol. The first kappa shape index (κ1) is 18.6. The second-order valence-electron chi connectivity index (χ2n) is 7.10. The Morgan fingerprint density at radius 1 is 0.923 bits per heavy atom. The van der Waals surface area contributed by atoms with Crippen molar-refractivity contribution in [1.82, 2.24) is 0 Å². The van der Waals surface area contributed by atoms with Crippen molar-refractivity contribution in [2.45, 2.75) is 38.8 Å². The van der Waals surface area contributed by atoms with Gasteiger partial charge in [0.05, 0.1) is 33.9 Å².